The SMILES string of the molecule is C[C-](C)[C@H]1OC(C)[C@H](O)[C@H](O)C1O. The van der Waals surface area contributed by atoms with Gasteiger partial charge in [-0.2, -0.15) is 13.8 Å². The van der Waals surface area contributed by atoms with Gasteiger partial charge in [-0.3, -0.25) is 5.92 Å². The fraction of sp³-hybridized carbons (Fsp3) is 0.889. The Kier molecular flexibility index (Phi) is 3.29. The zero-order chi connectivity index (χ0) is 10.2. The Morgan fingerprint density at radius 1 is 1.00 bits per heavy atom. The molecule has 1 rings (SSSR count). The van der Waals surface area contributed by atoms with Crippen LogP contribution < -0.4 is 0 Å². The predicted octanol–water partition coefficient (Wildman–Crippen LogP) is -0.529. The van der Waals surface area contributed by atoms with Gasteiger partial charge < -0.3 is 20.1 Å². The van der Waals surface area contributed by atoms with E-state index in [2.05, 4.69) is 0 Å². The largest absolute Gasteiger partial charge is 0.401 e. The molecule has 0 aromatic heterocycles. The van der Waals surface area contributed by atoms with Gasteiger partial charge in [0, 0.05) is 0 Å². The van der Waals surface area contributed by atoms with E-state index in [1.807, 2.05) is 13.8 Å². The van der Waals surface area contributed by atoms with E-state index in [-0.39, 0.29) is 0 Å². The Morgan fingerprint density at radius 2 is 1.54 bits per heavy atom. The van der Waals surface area contributed by atoms with Crippen LogP contribution in [0.25, 0.3) is 0 Å². The smallest absolute Gasteiger partial charge is 0.108 e. The number of rotatable bonds is 1. The molecule has 0 radical (unpaired) electrons. The lowest BCUT2D eigenvalue weighted by molar-refractivity contribution is -0.211. The molecule has 0 aromatic rings. The standard InChI is InChI=1S/C9H17O4/c1-4(2)9-8(12)7(11)6(10)5(3)13-9/h5-12H,1-3H3/q-1/t5?,6-,7-,8?,9+/m0/s1. The normalized spacial score (nSPS) is 46.8. The van der Waals surface area contributed by atoms with Gasteiger partial charge in [0.05, 0.1) is 12.2 Å². The minimum Gasteiger partial charge on any atom is -0.401 e. The Hall–Kier alpha value is -0.160. The summed E-state index contributed by atoms with van der Waals surface area (Å²) in [7, 11) is 0. The molecule has 1 aliphatic rings. The molecule has 1 aliphatic heterocycles. The van der Waals surface area contributed by atoms with Crippen LogP contribution in [-0.2, 0) is 4.74 Å². The Morgan fingerprint density at radius 3 is 2.00 bits per heavy atom. The van der Waals surface area contributed by atoms with Crippen LogP contribution in [0.1, 0.15) is 20.8 Å². The first-order valence-electron chi connectivity index (χ1n) is 4.45. The van der Waals surface area contributed by atoms with E-state index in [0.29, 0.717) is 0 Å². The first-order chi connectivity index (χ1) is 5.95. The molecule has 4 heteroatoms. The number of aliphatic hydroxyl groups excluding tert-OH is 3. The second-order valence-corrected chi connectivity index (χ2v) is 3.81. The maximum Gasteiger partial charge on any atom is 0.108 e. The van der Waals surface area contributed by atoms with E-state index in [1.54, 1.807) is 6.92 Å². The molecule has 2 unspecified atom stereocenters. The van der Waals surface area contributed by atoms with Crippen LogP contribution in [0.15, 0.2) is 0 Å². The molecule has 0 amide bonds. The van der Waals surface area contributed by atoms with Crippen molar-refractivity contribution in [1.29, 1.82) is 0 Å². The average Bonchev–Trinajstić information content (AvgIpc) is 2.07. The summed E-state index contributed by atoms with van der Waals surface area (Å²) in [6.45, 7) is 5.33. The highest BCUT2D eigenvalue weighted by Gasteiger charge is 2.38. The van der Waals surface area contributed by atoms with Crippen molar-refractivity contribution < 1.29 is 20.1 Å². The van der Waals surface area contributed by atoms with Gasteiger partial charge in [-0.05, 0) is 13.0 Å². The predicted molar refractivity (Wildman–Crippen MR) is 46.9 cm³/mol. The molecule has 0 saturated carbocycles. The molecule has 3 N–H and O–H groups in total. The first-order valence-corrected chi connectivity index (χ1v) is 4.45. The minimum atomic E-state index is -1.12. The maximum atomic E-state index is 9.54. The highest BCUT2D eigenvalue weighted by Crippen LogP contribution is 2.26. The zero-order valence-electron chi connectivity index (χ0n) is 8.14. The van der Waals surface area contributed by atoms with Crippen LogP contribution in [0.5, 0.6) is 0 Å². The molecule has 5 atom stereocenters. The molecule has 13 heavy (non-hydrogen) atoms. The summed E-state index contributed by atoms with van der Waals surface area (Å²) in [4.78, 5) is 0. The van der Waals surface area contributed by atoms with Gasteiger partial charge >= 0.3 is 0 Å². The van der Waals surface area contributed by atoms with E-state index in [0.717, 1.165) is 5.92 Å². The van der Waals surface area contributed by atoms with Crippen LogP contribution in [0.3, 0.4) is 0 Å². The van der Waals surface area contributed by atoms with Crippen molar-refractivity contribution in [1.82, 2.24) is 0 Å². The van der Waals surface area contributed by atoms with Crippen molar-refractivity contribution in [2.24, 2.45) is 0 Å². The lowest BCUT2D eigenvalue weighted by atomic mass is 9.90. The molecule has 0 bridgehead atoms. The second-order valence-electron chi connectivity index (χ2n) is 3.81. The Labute approximate surface area is 78.1 Å². The lowest BCUT2D eigenvalue weighted by Gasteiger charge is -2.46. The molecule has 0 aromatic carbocycles. The lowest BCUT2D eigenvalue weighted by Crippen LogP contribution is -2.57. The summed E-state index contributed by atoms with van der Waals surface area (Å²) >= 11 is 0. The van der Waals surface area contributed by atoms with E-state index >= 15 is 0 Å². The van der Waals surface area contributed by atoms with Crippen molar-refractivity contribution >= 4 is 0 Å². The monoisotopic (exact) mass is 189 g/mol. The molecule has 0 aliphatic carbocycles. The highest BCUT2D eigenvalue weighted by atomic mass is 16.5. The fourth-order valence-corrected chi connectivity index (χ4v) is 1.53. The molecule has 1 fully saturated rings. The summed E-state index contributed by atoms with van der Waals surface area (Å²) in [5, 5.41) is 28.4. The fourth-order valence-electron chi connectivity index (χ4n) is 1.53. The average molecular weight is 189 g/mol. The quantitative estimate of drug-likeness (QED) is 0.485. The molecule has 4 nitrogen and oxygen atoms in total. The van der Waals surface area contributed by atoms with Crippen LogP contribution in [0.2, 0.25) is 0 Å². The van der Waals surface area contributed by atoms with E-state index in [1.165, 1.54) is 0 Å². The number of ether oxygens (including phenoxy) is 1. The third kappa shape index (κ3) is 2.02. The van der Waals surface area contributed by atoms with Gasteiger partial charge in [0.25, 0.3) is 0 Å². The minimum absolute atomic E-state index is 0.446. The Balaban J connectivity index is 2.70. The van der Waals surface area contributed by atoms with Crippen LogP contribution in [-0.4, -0.2) is 45.8 Å². The van der Waals surface area contributed by atoms with Gasteiger partial charge in [-0.1, -0.05) is 0 Å². The second kappa shape index (κ2) is 3.92. The van der Waals surface area contributed by atoms with Crippen LogP contribution in [0, 0.1) is 5.92 Å². The maximum absolute atomic E-state index is 9.54. The van der Waals surface area contributed by atoms with Crippen LogP contribution in [0.4, 0.5) is 0 Å². The van der Waals surface area contributed by atoms with Gasteiger partial charge in [0.1, 0.15) is 12.2 Å². The molecule has 1 heterocycles. The molecule has 78 valence electrons. The van der Waals surface area contributed by atoms with E-state index in [4.69, 9.17) is 4.74 Å². The Bertz CT molecular complexity index is 171. The van der Waals surface area contributed by atoms with Gasteiger partial charge in [-0.15, -0.1) is 0 Å². The highest BCUT2D eigenvalue weighted by molar-refractivity contribution is 5.01. The molecule has 1 saturated heterocycles. The summed E-state index contributed by atoms with van der Waals surface area (Å²) in [5.41, 5.74) is 0. The number of aliphatic hydroxyl groups is 3. The van der Waals surface area contributed by atoms with Gasteiger partial charge in [0.15, 0.2) is 0 Å². The van der Waals surface area contributed by atoms with Crippen molar-refractivity contribution in [2.75, 3.05) is 0 Å². The summed E-state index contributed by atoms with van der Waals surface area (Å²) in [6.07, 6.45) is -4.09. The first kappa shape index (κ1) is 10.9. The van der Waals surface area contributed by atoms with Crippen molar-refractivity contribution in [3.05, 3.63) is 5.92 Å². The molecular formula is C9H17O4-. The van der Waals surface area contributed by atoms with Gasteiger partial charge in [0.2, 0.25) is 0 Å². The summed E-state index contributed by atoms with van der Waals surface area (Å²) in [6, 6.07) is 0. The molecular weight excluding hydrogens is 172 g/mol. The van der Waals surface area contributed by atoms with E-state index < -0.39 is 30.5 Å². The number of hydrogen-bond donors (Lipinski definition) is 3. The zero-order valence-corrected chi connectivity index (χ0v) is 8.14. The van der Waals surface area contributed by atoms with Crippen molar-refractivity contribution in [3.63, 3.8) is 0 Å². The topological polar surface area (TPSA) is 69.9 Å². The molecule has 0 spiro atoms. The third-order valence-corrected chi connectivity index (χ3v) is 2.42. The summed E-state index contributed by atoms with van der Waals surface area (Å²) in [5.74, 6) is 0.894. The van der Waals surface area contributed by atoms with Gasteiger partial charge in [-0.25, -0.2) is 0 Å². The third-order valence-electron chi connectivity index (χ3n) is 2.42. The van der Waals surface area contributed by atoms with Crippen LogP contribution >= 0.6 is 0 Å². The van der Waals surface area contributed by atoms with Crippen molar-refractivity contribution in [3.8, 4) is 0 Å². The van der Waals surface area contributed by atoms with E-state index in [9.17, 15) is 15.3 Å². The van der Waals surface area contributed by atoms with Crippen molar-refractivity contribution in [2.45, 2.75) is 51.3 Å². The number of hydrogen-bond acceptors (Lipinski definition) is 4. The summed E-state index contributed by atoms with van der Waals surface area (Å²) < 4.78 is 5.35.